The van der Waals surface area contributed by atoms with Gasteiger partial charge in [0.05, 0.1) is 13.7 Å². The van der Waals surface area contributed by atoms with Crippen LogP contribution < -0.4 is 4.74 Å². The molecule has 1 fully saturated rings. The monoisotopic (exact) mass is 422 g/mol. The highest BCUT2D eigenvalue weighted by Gasteiger charge is 2.24. The average Bonchev–Trinajstić information content (AvgIpc) is 3.41. The van der Waals surface area contributed by atoms with E-state index in [9.17, 15) is 0 Å². The summed E-state index contributed by atoms with van der Waals surface area (Å²) in [6.07, 6.45) is 4.35. The fraction of sp³-hybridized carbons (Fsp3) is 0.304. The Morgan fingerprint density at radius 1 is 1.13 bits per heavy atom. The van der Waals surface area contributed by atoms with E-state index in [-0.39, 0.29) is 0 Å². The molecular weight excluding hydrogens is 400 g/mol. The van der Waals surface area contributed by atoms with Gasteiger partial charge >= 0.3 is 0 Å². The van der Waals surface area contributed by atoms with Gasteiger partial charge in [-0.15, -0.1) is 10.2 Å². The van der Waals surface area contributed by atoms with E-state index in [2.05, 4.69) is 38.4 Å². The molecule has 1 aliphatic rings. The molecule has 0 unspecified atom stereocenters. The Hall–Kier alpha value is -2.83. The van der Waals surface area contributed by atoms with E-state index in [0.29, 0.717) is 29.3 Å². The number of nitrogens with one attached hydrogen (secondary N) is 1. The first-order chi connectivity index (χ1) is 14.7. The van der Waals surface area contributed by atoms with Crippen LogP contribution in [0.25, 0.3) is 22.4 Å². The second-order valence-corrected chi connectivity index (χ2v) is 8.15. The molecule has 2 aromatic heterocycles. The van der Waals surface area contributed by atoms with Gasteiger partial charge in [0, 0.05) is 27.7 Å². The maximum absolute atomic E-state index is 5.95. The maximum atomic E-state index is 5.95. The van der Waals surface area contributed by atoms with E-state index in [0.717, 1.165) is 42.8 Å². The standard InChI is InChI=1S/C23H23ClN4O2/c1-29-18-6-7-21-19(12-18)20(13-25-21)15-8-10-28(11-9-15)14-22-26-27-23(30-22)16-2-4-17(24)5-3-16/h2-7,12-13,15,25H,8-11,14H2,1H3. The summed E-state index contributed by atoms with van der Waals surface area (Å²) in [5.41, 5.74) is 3.42. The molecule has 0 saturated carbocycles. The quantitative estimate of drug-likeness (QED) is 0.475. The number of hydrogen-bond donors (Lipinski definition) is 1. The summed E-state index contributed by atoms with van der Waals surface area (Å²) in [5.74, 6) is 2.61. The fourth-order valence-corrected chi connectivity index (χ4v) is 4.33. The molecule has 0 aliphatic carbocycles. The van der Waals surface area contributed by atoms with Crippen molar-refractivity contribution >= 4 is 22.5 Å². The predicted molar refractivity (Wildman–Crippen MR) is 117 cm³/mol. The summed E-state index contributed by atoms with van der Waals surface area (Å²) < 4.78 is 11.3. The van der Waals surface area contributed by atoms with Crippen molar-refractivity contribution in [3.8, 4) is 17.2 Å². The van der Waals surface area contributed by atoms with Crippen molar-refractivity contribution in [3.05, 3.63) is 65.1 Å². The molecule has 0 bridgehead atoms. The molecule has 30 heavy (non-hydrogen) atoms. The molecule has 154 valence electrons. The largest absolute Gasteiger partial charge is 0.497 e. The zero-order chi connectivity index (χ0) is 20.5. The molecule has 7 heteroatoms. The third-order valence-electron chi connectivity index (χ3n) is 5.87. The van der Waals surface area contributed by atoms with Gasteiger partial charge in [-0.25, -0.2) is 0 Å². The Balaban J connectivity index is 1.23. The van der Waals surface area contributed by atoms with Crippen LogP contribution in [0.15, 0.2) is 53.1 Å². The number of rotatable bonds is 5. The highest BCUT2D eigenvalue weighted by atomic mass is 35.5. The van der Waals surface area contributed by atoms with Gasteiger partial charge in [0.15, 0.2) is 0 Å². The van der Waals surface area contributed by atoms with Gasteiger partial charge < -0.3 is 14.1 Å². The summed E-state index contributed by atoms with van der Waals surface area (Å²) in [4.78, 5) is 5.78. The van der Waals surface area contributed by atoms with E-state index >= 15 is 0 Å². The Bertz CT molecular complexity index is 1140. The minimum absolute atomic E-state index is 0.532. The number of nitrogens with zero attached hydrogens (tertiary/aromatic N) is 3. The van der Waals surface area contributed by atoms with Gasteiger partial charge in [0.1, 0.15) is 5.75 Å². The molecule has 6 nitrogen and oxygen atoms in total. The lowest BCUT2D eigenvalue weighted by Gasteiger charge is -2.30. The van der Waals surface area contributed by atoms with E-state index in [4.69, 9.17) is 20.8 Å². The molecule has 1 aliphatic heterocycles. The van der Waals surface area contributed by atoms with Crippen LogP contribution in [0.3, 0.4) is 0 Å². The normalized spacial score (nSPS) is 15.7. The van der Waals surface area contributed by atoms with Crippen LogP contribution in [0.4, 0.5) is 0 Å². The second-order valence-electron chi connectivity index (χ2n) is 7.71. The summed E-state index contributed by atoms with van der Waals surface area (Å²) in [5, 5.41) is 10.4. The summed E-state index contributed by atoms with van der Waals surface area (Å²) in [6.45, 7) is 2.68. The molecule has 0 atom stereocenters. The summed E-state index contributed by atoms with van der Waals surface area (Å²) in [6, 6.07) is 13.6. The van der Waals surface area contributed by atoms with E-state index in [1.165, 1.54) is 10.9 Å². The number of benzene rings is 2. The first kappa shape index (κ1) is 19.2. The van der Waals surface area contributed by atoms with Gasteiger partial charge in [0.2, 0.25) is 11.8 Å². The number of ether oxygens (including phenoxy) is 1. The van der Waals surface area contributed by atoms with Crippen LogP contribution >= 0.6 is 11.6 Å². The fourth-order valence-electron chi connectivity index (χ4n) is 4.21. The zero-order valence-electron chi connectivity index (χ0n) is 16.8. The minimum Gasteiger partial charge on any atom is -0.497 e. The SMILES string of the molecule is COc1ccc2[nH]cc(C3CCN(Cc4nnc(-c5ccc(Cl)cc5)o4)CC3)c2c1. The number of halogens is 1. The first-order valence-corrected chi connectivity index (χ1v) is 10.5. The molecule has 5 rings (SSSR count). The van der Waals surface area contributed by atoms with Crippen LogP contribution in [0, 0.1) is 0 Å². The molecule has 3 heterocycles. The molecular formula is C23H23ClN4O2. The van der Waals surface area contributed by atoms with Crippen LogP contribution in [-0.4, -0.2) is 40.3 Å². The highest BCUT2D eigenvalue weighted by Crippen LogP contribution is 2.35. The van der Waals surface area contributed by atoms with Crippen molar-refractivity contribution in [2.45, 2.75) is 25.3 Å². The Labute approximate surface area is 179 Å². The van der Waals surface area contributed by atoms with Crippen LogP contribution in [0.5, 0.6) is 5.75 Å². The Kier molecular flexibility index (Phi) is 5.19. The lowest BCUT2D eigenvalue weighted by atomic mass is 9.89. The van der Waals surface area contributed by atoms with Gasteiger partial charge in [-0.2, -0.15) is 0 Å². The number of methoxy groups -OCH3 is 1. The number of fused-ring (bicyclic) bond motifs is 1. The summed E-state index contributed by atoms with van der Waals surface area (Å²) >= 11 is 5.95. The number of piperidine rings is 1. The molecule has 4 aromatic rings. The molecule has 0 amide bonds. The molecule has 0 spiro atoms. The summed E-state index contributed by atoms with van der Waals surface area (Å²) in [7, 11) is 1.71. The lowest BCUT2D eigenvalue weighted by Crippen LogP contribution is -2.32. The van der Waals surface area contributed by atoms with Crippen LogP contribution in [0.1, 0.15) is 30.2 Å². The van der Waals surface area contributed by atoms with Gasteiger partial charge in [0.25, 0.3) is 0 Å². The first-order valence-electron chi connectivity index (χ1n) is 10.2. The van der Waals surface area contributed by atoms with Crippen molar-refractivity contribution in [2.24, 2.45) is 0 Å². The molecule has 2 aromatic carbocycles. The number of likely N-dealkylation sites (tertiary alicyclic amines) is 1. The third kappa shape index (κ3) is 3.80. The zero-order valence-corrected chi connectivity index (χ0v) is 17.5. The Morgan fingerprint density at radius 2 is 1.93 bits per heavy atom. The minimum atomic E-state index is 0.532. The third-order valence-corrected chi connectivity index (χ3v) is 6.12. The Morgan fingerprint density at radius 3 is 2.70 bits per heavy atom. The molecule has 0 radical (unpaired) electrons. The maximum Gasteiger partial charge on any atom is 0.247 e. The van der Waals surface area contributed by atoms with Crippen molar-refractivity contribution in [3.63, 3.8) is 0 Å². The van der Waals surface area contributed by atoms with Crippen molar-refractivity contribution in [2.75, 3.05) is 20.2 Å². The number of hydrogen-bond acceptors (Lipinski definition) is 5. The van der Waals surface area contributed by atoms with Crippen LogP contribution in [0.2, 0.25) is 5.02 Å². The lowest BCUT2D eigenvalue weighted by molar-refractivity contribution is 0.188. The average molecular weight is 423 g/mol. The molecule has 1 saturated heterocycles. The van der Waals surface area contributed by atoms with Gasteiger partial charge in [-0.3, -0.25) is 4.90 Å². The highest BCUT2D eigenvalue weighted by molar-refractivity contribution is 6.30. The second kappa shape index (κ2) is 8.13. The number of aromatic amines is 1. The van der Waals surface area contributed by atoms with Gasteiger partial charge in [-0.1, -0.05) is 11.6 Å². The van der Waals surface area contributed by atoms with Crippen molar-refractivity contribution < 1.29 is 9.15 Å². The number of aromatic nitrogens is 3. The van der Waals surface area contributed by atoms with E-state index < -0.39 is 0 Å². The predicted octanol–water partition coefficient (Wildman–Crippen LogP) is 5.26. The van der Waals surface area contributed by atoms with Gasteiger partial charge in [-0.05, 0) is 79.9 Å². The topological polar surface area (TPSA) is 67.2 Å². The smallest absolute Gasteiger partial charge is 0.247 e. The van der Waals surface area contributed by atoms with E-state index in [1.54, 1.807) is 7.11 Å². The molecule has 1 N–H and O–H groups in total. The van der Waals surface area contributed by atoms with Crippen molar-refractivity contribution in [1.82, 2.24) is 20.1 Å². The van der Waals surface area contributed by atoms with Crippen LogP contribution in [-0.2, 0) is 6.54 Å². The number of H-pyrrole nitrogens is 1. The van der Waals surface area contributed by atoms with E-state index in [1.807, 2.05) is 30.3 Å². The van der Waals surface area contributed by atoms with Crippen molar-refractivity contribution in [1.29, 1.82) is 0 Å².